The van der Waals surface area contributed by atoms with E-state index < -0.39 is 12.1 Å². The highest BCUT2D eigenvalue weighted by Crippen LogP contribution is 2.29. The van der Waals surface area contributed by atoms with Gasteiger partial charge in [0.25, 0.3) is 0 Å². The molecule has 6 nitrogen and oxygen atoms in total. The standard InChI is InChI=1S/C16H17F3N4O2.HI/c1-2-24-14-11(6-5-9-21-14)10-22-15(20)23-12-7-3-4-8-13(12)25-16(17,18)19;/h3-9H,2,10H2,1H3,(H3,20,22,23);1H. The Hall–Kier alpha value is -2.24. The van der Waals surface area contributed by atoms with Gasteiger partial charge in [0.2, 0.25) is 5.88 Å². The second-order valence-corrected chi connectivity index (χ2v) is 4.77. The van der Waals surface area contributed by atoms with Crippen LogP contribution in [0.3, 0.4) is 0 Å². The topological polar surface area (TPSA) is 81.8 Å². The van der Waals surface area contributed by atoms with Crippen molar-refractivity contribution in [2.24, 2.45) is 10.7 Å². The smallest absolute Gasteiger partial charge is 0.478 e. The molecule has 10 heteroatoms. The number of nitrogens with zero attached hydrogens (tertiary/aromatic N) is 2. The molecule has 1 heterocycles. The number of halogens is 4. The lowest BCUT2D eigenvalue weighted by Gasteiger charge is -2.14. The van der Waals surface area contributed by atoms with E-state index in [0.29, 0.717) is 18.1 Å². The average molecular weight is 482 g/mol. The molecule has 0 spiro atoms. The molecule has 0 saturated heterocycles. The number of para-hydroxylation sites is 2. The van der Waals surface area contributed by atoms with Crippen molar-refractivity contribution in [1.82, 2.24) is 4.98 Å². The Bertz CT molecular complexity index is 741. The minimum Gasteiger partial charge on any atom is -0.478 e. The fourth-order valence-corrected chi connectivity index (χ4v) is 1.94. The molecular formula is C16H18F3IN4O2. The first kappa shape index (κ1) is 21.8. The zero-order valence-corrected chi connectivity index (χ0v) is 16.1. The summed E-state index contributed by atoms with van der Waals surface area (Å²) < 4.78 is 46.6. The average Bonchev–Trinajstić information content (AvgIpc) is 2.55. The van der Waals surface area contributed by atoms with Gasteiger partial charge in [0.05, 0.1) is 18.8 Å². The third-order valence-corrected chi connectivity index (χ3v) is 2.93. The fraction of sp³-hybridized carbons (Fsp3) is 0.250. The van der Waals surface area contributed by atoms with Crippen molar-refractivity contribution in [3.05, 3.63) is 48.2 Å². The van der Waals surface area contributed by atoms with Crippen LogP contribution in [0, 0.1) is 0 Å². The summed E-state index contributed by atoms with van der Waals surface area (Å²) in [4.78, 5) is 8.18. The zero-order chi connectivity index (χ0) is 18.3. The number of hydrogen-bond donors (Lipinski definition) is 2. The number of aliphatic imine (C=N–C) groups is 1. The Labute approximate surface area is 165 Å². The van der Waals surface area contributed by atoms with Crippen molar-refractivity contribution in [1.29, 1.82) is 0 Å². The van der Waals surface area contributed by atoms with Crippen LogP contribution in [0.5, 0.6) is 11.6 Å². The van der Waals surface area contributed by atoms with E-state index in [4.69, 9.17) is 10.5 Å². The van der Waals surface area contributed by atoms with Gasteiger partial charge in [0.15, 0.2) is 11.7 Å². The molecule has 1 aromatic carbocycles. The lowest BCUT2D eigenvalue weighted by molar-refractivity contribution is -0.274. The first-order valence-electron chi connectivity index (χ1n) is 7.37. The van der Waals surface area contributed by atoms with Crippen molar-refractivity contribution in [2.45, 2.75) is 19.8 Å². The van der Waals surface area contributed by atoms with Gasteiger partial charge in [-0.2, -0.15) is 0 Å². The van der Waals surface area contributed by atoms with Crippen molar-refractivity contribution in [3.63, 3.8) is 0 Å². The van der Waals surface area contributed by atoms with Gasteiger partial charge in [-0.1, -0.05) is 18.2 Å². The molecule has 0 amide bonds. The molecule has 0 fully saturated rings. The van der Waals surface area contributed by atoms with Crippen molar-refractivity contribution in [2.75, 3.05) is 11.9 Å². The quantitative estimate of drug-likeness (QED) is 0.371. The maximum absolute atomic E-state index is 12.4. The lowest BCUT2D eigenvalue weighted by atomic mass is 10.3. The molecule has 1 aromatic heterocycles. The maximum atomic E-state index is 12.4. The molecule has 0 unspecified atom stereocenters. The minimum atomic E-state index is -4.80. The summed E-state index contributed by atoms with van der Waals surface area (Å²) in [5, 5.41) is 2.60. The highest BCUT2D eigenvalue weighted by molar-refractivity contribution is 14.0. The van der Waals surface area contributed by atoms with Crippen LogP contribution in [0.1, 0.15) is 12.5 Å². The number of benzene rings is 1. The lowest BCUT2D eigenvalue weighted by Crippen LogP contribution is -2.24. The highest BCUT2D eigenvalue weighted by atomic mass is 127. The van der Waals surface area contributed by atoms with Gasteiger partial charge in [0, 0.05) is 11.8 Å². The monoisotopic (exact) mass is 482 g/mol. The first-order valence-corrected chi connectivity index (χ1v) is 7.37. The van der Waals surface area contributed by atoms with Crippen molar-refractivity contribution >= 4 is 35.6 Å². The summed E-state index contributed by atoms with van der Waals surface area (Å²) in [5.74, 6) is -0.0311. The molecule has 2 rings (SSSR count). The predicted octanol–water partition coefficient (Wildman–Crippen LogP) is 3.92. The van der Waals surface area contributed by atoms with E-state index in [1.165, 1.54) is 18.2 Å². The summed E-state index contributed by atoms with van der Waals surface area (Å²) in [6, 6.07) is 9.05. The SMILES string of the molecule is CCOc1ncccc1CN=C(N)Nc1ccccc1OC(F)(F)F.I. The van der Waals surface area contributed by atoms with Crippen LogP contribution in [-0.2, 0) is 6.54 Å². The molecular weight excluding hydrogens is 464 g/mol. The van der Waals surface area contributed by atoms with Gasteiger partial charge >= 0.3 is 6.36 Å². The van der Waals surface area contributed by atoms with Gasteiger partial charge in [-0.25, -0.2) is 9.98 Å². The third-order valence-electron chi connectivity index (χ3n) is 2.93. The summed E-state index contributed by atoms with van der Waals surface area (Å²) in [7, 11) is 0. The van der Waals surface area contributed by atoms with E-state index in [2.05, 4.69) is 20.0 Å². The summed E-state index contributed by atoms with van der Waals surface area (Å²) in [6.45, 7) is 2.43. The second kappa shape index (κ2) is 10.0. The number of alkyl halides is 3. The molecule has 0 bridgehead atoms. The number of nitrogens with two attached hydrogens (primary N) is 1. The van der Waals surface area contributed by atoms with E-state index in [1.54, 1.807) is 24.4 Å². The van der Waals surface area contributed by atoms with E-state index in [0.717, 1.165) is 0 Å². The Balaban J connectivity index is 0.00000338. The normalized spacial score (nSPS) is 11.5. The van der Waals surface area contributed by atoms with E-state index in [9.17, 15) is 13.2 Å². The number of hydrogen-bond acceptors (Lipinski definition) is 4. The number of anilines is 1. The summed E-state index contributed by atoms with van der Waals surface area (Å²) in [6.07, 6.45) is -3.21. The fourth-order valence-electron chi connectivity index (χ4n) is 1.94. The minimum absolute atomic E-state index is 0. The molecule has 3 N–H and O–H groups in total. The Morgan fingerprint density at radius 1 is 1.23 bits per heavy atom. The molecule has 0 radical (unpaired) electrons. The van der Waals surface area contributed by atoms with Gasteiger partial charge in [0.1, 0.15) is 0 Å². The molecule has 0 aliphatic heterocycles. The van der Waals surface area contributed by atoms with Gasteiger partial charge < -0.3 is 20.5 Å². The predicted molar refractivity (Wildman–Crippen MR) is 103 cm³/mol. The summed E-state index contributed by atoms with van der Waals surface area (Å²) >= 11 is 0. The molecule has 2 aromatic rings. The molecule has 0 aliphatic rings. The molecule has 0 aliphatic carbocycles. The number of aromatic nitrogens is 1. The van der Waals surface area contributed by atoms with Crippen LogP contribution in [-0.4, -0.2) is 23.9 Å². The van der Waals surface area contributed by atoms with Crippen molar-refractivity contribution in [3.8, 4) is 11.6 Å². The first-order chi connectivity index (χ1) is 11.9. The van der Waals surface area contributed by atoms with Gasteiger partial charge in [-0.3, -0.25) is 0 Å². The van der Waals surface area contributed by atoms with Crippen LogP contribution in [0.4, 0.5) is 18.9 Å². The third kappa shape index (κ3) is 6.94. The number of pyridine rings is 1. The second-order valence-electron chi connectivity index (χ2n) is 4.77. The Morgan fingerprint density at radius 2 is 1.96 bits per heavy atom. The molecule has 142 valence electrons. The highest BCUT2D eigenvalue weighted by Gasteiger charge is 2.32. The van der Waals surface area contributed by atoms with Crippen LogP contribution in [0.25, 0.3) is 0 Å². The van der Waals surface area contributed by atoms with Gasteiger partial charge in [-0.15, -0.1) is 37.1 Å². The number of rotatable bonds is 6. The Morgan fingerprint density at radius 3 is 2.65 bits per heavy atom. The van der Waals surface area contributed by atoms with Crippen LogP contribution in [0.2, 0.25) is 0 Å². The van der Waals surface area contributed by atoms with Crippen LogP contribution in [0.15, 0.2) is 47.6 Å². The van der Waals surface area contributed by atoms with Gasteiger partial charge in [-0.05, 0) is 25.1 Å². The molecule has 0 atom stereocenters. The van der Waals surface area contributed by atoms with E-state index in [1.807, 2.05) is 6.92 Å². The number of ether oxygens (including phenoxy) is 2. The van der Waals surface area contributed by atoms with E-state index >= 15 is 0 Å². The summed E-state index contributed by atoms with van der Waals surface area (Å²) in [5.41, 5.74) is 6.51. The zero-order valence-electron chi connectivity index (χ0n) is 13.8. The van der Waals surface area contributed by atoms with Crippen molar-refractivity contribution < 1.29 is 22.6 Å². The molecule has 26 heavy (non-hydrogen) atoms. The van der Waals surface area contributed by atoms with Crippen LogP contribution < -0.4 is 20.5 Å². The van der Waals surface area contributed by atoms with E-state index in [-0.39, 0.29) is 42.2 Å². The maximum Gasteiger partial charge on any atom is 0.573 e. The molecule has 0 saturated carbocycles. The number of nitrogens with one attached hydrogen (secondary N) is 1. The number of guanidine groups is 1. The Kier molecular flexibility index (Phi) is 8.42. The van der Waals surface area contributed by atoms with Crippen LogP contribution >= 0.6 is 24.0 Å². The largest absolute Gasteiger partial charge is 0.573 e.